The third-order valence-corrected chi connectivity index (χ3v) is 3.92. The number of aromatic nitrogens is 4. The van der Waals surface area contributed by atoms with E-state index in [1.165, 1.54) is 9.13 Å². The van der Waals surface area contributed by atoms with Crippen molar-refractivity contribution < 1.29 is 4.79 Å². The number of fused-ring (bicyclic) bond motifs is 1. The highest BCUT2D eigenvalue weighted by Gasteiger charge is 2.16. The second kappa shape index (κ2) is 7.39. The molecular formula is C16H24N4O3. The minimum atomic E-state index is -0.324. The summed E-state index contributed by atoms with van der Waals surface area (Å²) in [5.74, 6) is 0.125. The molecule has 0 N–H and O–H groups in total. The quantitative estimate of drug-likeness (QED) is 0.691. The number of carbonyl (C=O) groups is 1. The fourth-order valence-corrected chi connectivity index (χ4v) is 2.78. The second-order valence-corrected chi connectivity index (χ2v) is 5.75. The van der Waals surface area contributed by atoms with Gasteiger partial charge in [0.2, 0.25) is 0 Å². The summed E-state index contributed by atoms with van der Waals surface area (Å²) in [6, 6.07) is 0. The molecule has 0 unspecified atom stereocenters. The lowest BCUT2D eigenvalue weighted by Gasteiger charge is -2.11. The van der Waals surface area contributed by atoms with Crippen LogP contribution in [0.4, 0.5) is 0 Å². The molecule has 0 amide bonds. The summed E-state index contributed by atoms with van der Waals surface area (Å²) in [4.78, 5) is 40.5. The van der Waals surface area contributed by atoms with Crippen molar-refractivity contribution in [2.45, 2.75) is 66.1 Å². The maximum atomic E-state index is 12.7. The van der Waals surface area contributed by atoms with Gasteiger partial charge in [0, 0.05) is 26.1 Å². The van der Waals surface area contributed by atoms with E-state index in [0.717, 1.165) is 6.42 Å². The largest absolute Gasteiger partial charge is 0.332 e. The number of nitrogens with zero attached hydrogens (tertiary/aromatic N) is 4. The third-order valence-electron chi connectivity index (χ3n) is 3.92. The van der Waals surface area contributed by atoms with Crippen LogP contribution in [-0.4, -0.2) is 24.5 Å². The zero-order chi connectivity index (χ0) is 17.0. The summed E-state index contributed by atoms with van der Waals surface area (Å²) in [6.45, 7) is 6.93. The van der Waals surface area contributed by atoms with Crippen LogP contribution in [0.2, 0.25) is 0 Å². The highest BCUT2D eigenvalue weighted by atomic mass is 16.2. The Labute approximate surface area is 134 Å². The van der Waals surface area contributed by atoms with Gasteiger partial charge in [-0.1, -0.05) is 6.92 Å². The number of Topliss-reactive ketones (excluding diaryl/α,β-unsaturated/α-hetero) is 1. The molecule has 0 fully saturated rings. The van der Waals surface area contributed by atoms with Gasteiger partial charge in [0.15, 0.2) is 11.2 Å². The Morgan fingerprint density at radius 1 is 1.13 bits per heavy atom. The monoisotopic (exact) mass is 320 g/mol. The van der Waals surface area contributed by atoms with Crippen LogP contribution in [0, 0.1) is 0 Å². The third kappa shape index (κ3) is 3.43. The molecule has 2 rings (SSSR count). The zero-order valence-corrected chi connectivity index (χ0v) is 14.0. The van der Waals surface area contributed by atoms with Crippen LogP contribution in [-0.2, 0) is 24.4 Å². The Morgan fingerprint density at radius 2 is 1.87 bits per heavy atom. The van der Waals surface area contributed by atoms with Gasteiger partial charge in [0.1, 0.15) is 5.78 Å². The average molecular weight is 320 g/mol. The Kier molecular flexibility index (Phi) is 5.52. The lowest BCUT2D eigenvalue weighted by molar-refractivity contribution is -0.117. The lowest BCUT2D eigenvalue weighted by atomic mass is 10.2. The van der Waals surface area contributed by atoms with Gasteiger partial charge in [0.05, 0.1) is 6.33 Å². The van der Waals surface area contributed by atoms with Crippen molar-refractivity contribution in [3.8, 4) is 0 Å². The van der Waals surface area contributed by atoms with Gasteiger partial charge in [0.25, 0.3) is 5.56 Å². The Balaban J connectivity index is 2.47. The van der Waals surface area contributed by atoms with Crippen molar-refractivity contribution >= 4 is 16.9 Å². The zero-order valence-electron chi connectivity index (χ0n) is 14.0. The van der Waals surface area contributed by atoms with Gasteiger partial charge in [-0.15, -0.1) is 0 Å². The summed E-state index contributed by atoms with van der Waals surface area (Å²) < 4.78 is 4.63. The molecule has 7 heteroatoms. The van der Waals surface area contributed by atoms with Gasteiger partial charge in [-0.25, -0.2) is 9.78 Å². The number of hydrogen-bond acceptors (Lipinski definition) is 4. The molecule has 0 atom stereocenters. The fourth-order valence-electron chi connectivity index (χ4n) is 2.78. The highest BCUT2D eigenvalue weighted by molar-refractivity contribution is 5.75. The summed E-state index contributed by atoms with van der Waals surface area (Å²) in [7, 11) is 0. The molecule has 2 heterocycles. The first-order valence-corrected chi connectivity index (χ1v) is 8.19. The van der Waals surface area contributed by atoms with Crippen LogP contribution in [0.3, 0.4) is 0 Å². The topological polar surface area (TPSA) is 78.9 Å². The van der Waals surface area contributed by atoms with Crippen LogP contribution >= 0.6 is 0 Å². The molecule has 0 bridgehead atoms. The molecule has 0 aliphatic heterocycles. The van der Waals surface area contributed by atoms with E-state index in [9.17, 15) is 14.4 Å². The minimum Gasteiger partial charge on any atom is -0.325 e. The molecule has 0 aromatic carbocycles. The summed E-state index contributed by atoms with van der Waals surface area (Å²) in [5.41, 5.74) is 0.328. The van der Waals surface area contributed by atoms with Crippen LogP contribution in [0.1, 0.15) is 46.5 Å². The summed E-state index contributed by atoms with van der Waals surface area (Å²) in [5, 5.41) is 0. The summed E-state index contributed by atoms with van der Waals surface area (Å²) >= 11 is 0. The molecule has 2 aromatic rings. The van der Waals surface area contributed by atoms with E-state index in [0.29, 0.717) is 50.1 Å². The number of hydrogen-bond donors (Lipinski definition) is 0. The number of carbonyl (C=O) groups excluding carboxylic acids is 1. The van der Waals surface area contributed by atoms with Gasteiger partial charge in [-0.05, 0) is 33.1 Å². The van der Waals surface area contributed by atoms with E-state index in [1.54, 1.807) is 13.3 Å². The van der Waals surface area contributed by atoms with Crippen molar-refractivity contribution in [2.75, 3.05) is 0 Å². The van der Waals surface area contributed by atoms with Crippen molar-refractivity contribution in [1.82, 2.24) is 18.7 Å². The van der Waals surface area contributed by atoms with Gasteiger partial charge < -0.3 is 9.36 Å². The smallest absolute Gasteiger partial charge is 0.325 e. The second-order valence-electron chi connectivity index (χ2n) is 5.75. The Hall–Kier alpha value is -2.18. The lowest BCUT2D eigenvalue weighted by Crippen LogP contribution is -2.40. The molecule has 23 heavy (non-hydrogen) atoms. The van der Waals surface area contributed by atoms with E-state index in [-0.39, 0.29) is 17.0 Å². The normalized spacial score (nSPS) is 11.3. The van der Waals surface area contributed by atoms with Crippen molar-refractivity contribution in [3.05, 3.63) is 27.2 Å². The number of imidazole rings is 1. The molecule has 126 valence electrons. The van der Waals surface area contributed by atoms with Gasteiger partial charge in [-0.3, -0.25) is 13.9 Å². The fraction of sp³-hybridized carbons (Fsp3) is 0.625. The summed E-state index contributed by atoms with van der Waals surface area (Å²) in [6.07, 6.45) is 4.30. The standard InChI is InChI=1S/C16H24N4O3/c1-4-9-18-11-17-14-13(18)15(22)20(16(23)19(14)5-2)10-7-6-8-12(3)21/h11H,4-10H2,1-3H3. The molecule has 7 nitrogen and oxygen atoms in total. The molecular weight excluding hydrogens is 296 g/mol. The van der Waals surface area contributed by atoms with E-state index in [1.807, 2.05) is 18.4 Å². The first-order chi connectivity index (χ1) is 11.0. The number of rotatable bonds is 8. The number of aryl methyl sites for hydroxylation is 2. The SMILES string of the molecule is CCCn1cnc2c1c(=O)n(CCCCC(C)=O)c(=O)n2CC. The maximum Gasteiger partial charge on any atom is 0.332 e. The molecule has 0 aliphatic carbocycles. The van der Waals surface area contributed by atoms with Crippen LogP contribution in [0.5, 0.6) is 0 Å². The van der Waals surface area contributed by atoms with Crippen LogP contribution in [0.15, 0.2) is 15.9 Å². The van der Waals surface area contributed by atoms with Gasteiger partial charge in [-0.2, -0.15) is 0 Å². The number of unbranched alkanes of at least 4 members (excludes halogenated alkanes) is 1. The molecule has 0 saturated carbocycles. The van der Waals surface area contributed by atoms with E-state index in [4.69, 9.17) is 0 Å². The first-order valence-electron chi connectivity index (χ1n) is 8.19. The molecule has 0 radical (unpaired) electrons. The van der Waals surface area contributed by atoms with Crippen molar-refractivity contribution in [2.24, 2.45) is 0 Å². The van der Waals surface area contributed by atoms with Crippen molar-refractivity contribution in [1.29, 1.82) is 0 Å². The molecule has 0 aliphatic rings. The molecule has 0 saturated heterocycles. The van der Waals surface area contributed by atoms with E-state index >= 15 is 0 Å². The first kappa shape index (κ1) is 17.2. The molecule has 2 aromatic heterocycles. The van der Waals surface area contributed by atoms with Gasteiger partial charge >= 0.3 is 5.69 Å². The van der Waals surface area contributed by atoms with Crippen molar-refractivity contribution in [3.63, 3.8) is 0 Å². The number of ketones is 1. The Morgan fingerprint density at radius 3 is 2.48 bits per heavy atom. The van der Waals surface area contributed by atoms with E-state index < -0.39 is 0 Å². The maximum absolute atomic E-state index is 12.7. The Bertz CT molecular complexity index is 813. The van der Waals surface area contributed by atoms with E-state index in [2.05, 4.69) is 4.98 Å². The van der Waals surface area contributed by atoms with Crippen LogP contribution in [0.25, 0.3) is 11.2 Å². The van der Waals surface area contributed by atoms with Crippen LogP contribution < -0.4 is 11.2 Å². The highest BCUT2D eigenvalue weighted by Crippen LogP contribution is 2.08. The average Bonchev–Trinajstić information content (AvgIpc) is 2.91. The minimum absolute atomic E-state index is 0.125. The molecule has 0 spiro atoms. The predicted molar refractivity (Wildman–Crippen MR) is 88.8 cm³/mol. The predicted octanol–water partition coefficient (Wildman–Crippen LogP) is 1.55.